The topological polar surface area (TPSA) is 106 Å². The zero-order valence-electron chi connectivity index (χ0n) is 19.7. The van der Waals surface area contributed by atoms with Crippen LogP contribution in [0.3, 0.4) is 0 Å². The molecule has 0 bridgehead atoms. The molecule has 1 aliphatic heterocycles. The number of oxazole rings is 1. The standard InChI is InChI=1S/C27H29N5O3/c1-18-16-19(8-9-22(18)26(33)32-12-14-34-15-13-32)23-6-3-7-24-25(23)35-27(31-24)30-21-5-2-4-20(17-21)29-11-10-28/h2-9,16-17,29H,10-15,28H2,1H3,(H,30,31). The van der Waals surface area contributed by atoms with Crippen LogP contribution in [0, 0.1) is 6.92 Å². The molecular formula is C27H29N5O3. The predicted molar refractivity (Wildman–Crippen MR) is 138 cm³/mol. The molecular weight excluding hydrogens is 442 g/mol. The molecule has 5 rings (SSSR count). The van der Waals surface area contributed by atoms with E-state index >= 15 is 0 Å². The van der Waals surface area contributed by atoms with Crippen molar-refractivity contribution in [3.8, 4) is 11.1 Å². The highest BCUT2D eigenvalue weighted by Gasteiger charge is 2.21. The van der Waals surface area contributed by atoms with Crippen LogP contribution in [0.25, 0.3) is 22.2 Å². The molecule has 4 N–H and O–H groups in total. The summed E-state index contributed by atoms with van der Waals surface area (Å²) in [5.41, 5.74) is 12.4. The summed E-state index contributed by atoms with van der Waals surface area (Å²) in [4.78, 5) is 19.4. The number of para-hydroxylation sites is 1. The van der Waals surface area contributed by atoms with Crippen LogP contribution < -0.4 is 16.4 Å². The van der Waals surface area contributed by atoms with Gasteiger partial charge in [0.15, 0.2) is 5.58 Å². The van der Waals surface area contributed by atoms with E-state index < -0.39 is 0 Å². The van der Waals surface area contributed by atoms with Gasteiger partial charge < -0.3 is 30.4 Å². The van der Waals surface area contributed by atoms with Gasteiger partial charge in [-0.1, -0.05) is 30.3 Å². The van der Waals surface area contributed by atoms with Crippen molar-refractivity contribution < 1.29 is 13.9 Å². The van der Waals surface area contributed by atoms with Crippen LogP contribution in [0.2, 0.25) is 0 Å². The van der Waals surface area contributed by atoms with E-state index in [0.29, 0.717) is 56.6 Å². The van der Waals surface area contributed by atoms with Crippen molar-refractivity contribution in [1.29, 1.82) is 0 Å². The van der Waals surface area contributed by atoms with Gasteiger partial charge in [-0.2, -0.15) is 4.98 Å². The zero-order valence-corrected chi connectivity index (χ0v) is 19.7. The number of hydrogen-bond donors (Lipinski definition) is 3. The van der Waals surface area contributed by atoms with Gasteiger partial charge >= 0.3 is 0 Å². The summed E-state index contributed by atoms with van der Waals surface area (Å²) < 4.78 is 11.5. The van der Waals surface area contributed by atoms with Gasteiger partial charge in [-0.3, -0.25) is 4.79 Å². The third kappa shape index (κ3) is 4.99. The average Bonchev–Trinajstić information content (AvgIpc) is 3.30. The lowest BCUT2D eigenvalue weighted by molar-refractivity contribution is 0.0302. The summed E-state index contributed by atoms with van der Waals surface area (Å²) in [6.07, 6.45) is 0. The number of morpholine rings is 1. The van der Waals surface area contributed by atoms with E-state index in [1.807, 2.05) is 72.5 Å². The molecule has 1 aromatic heterocycles. The number of nitrogens with two attached hydrogens (primary N) is 1. The van der Waals surface area contributed by atoms with Crippen LogP contribution >= 0.6 is 0 Å². The Hall–Kier alpha value is -3.88. The number of ether oxygens (including phenoxy) is 1. The van der Waals surface area contributed by atoms with E-state index in [1.165, 1.54) is 0 Å². The van der Waals surface area contributed by atoms with Gasteiger partial charge in [0, 0.05) is 48.7 Å². The van der Waals surface area contributed by atoms with Crippen LogP contribution in [0.15, 0.2) is 65.1 Å². The number of rotatable bonds is 7. The number of hydrogen-bond acceptors (Lipinski definition) is 7. The monoisotopic (exact) mass is 471 g/mol. The van der Waals surface area contributed by atoms with Gasteiger partial charge in [-0.05, 0) is 48.4 Å². The summed E-state index contributed by atoms with van der Waals surface area (Å²) in [6, 6.07) is 20.1. The Bertz CT molecular complexity index is 1340. The number of nitrogens with one attached hydrogen (secondary N) is 2. The fourth-order valence-corrected chi connectivity index (χ4v) is 4.28. The molecule has 0 spiro atoms. The molecule has 1 amide bonds. The lowest BCUT2D eigenvalue weighted by Crippen LogP contribution is -2.40. The number of carbonyl (C=O) groups excluding carboxylic acids is 1. The zero-order chi connectivity index (χ0) is 24.2. The summed E-state index contributed by atoms with van der Waals surface area (Å²) in [7, 11) is 0. The van der Waals surface area contributed by atoms with Crippen molar-refractivity contribution >= 4 is 34.4 Å². The van der Waals surface area contributed by atoms with E-state index in [9.17, 15) is 4.79 Å². The second-order valence-corrected chi connectivity index (χ2v) is 8.53. The fraction of sp³-hybridized carbons (Fsp3) is 0.259. The van der Waals surface area contributed by atoms with Crippen molar-refractivity contribution in [2.45, 2.75) is 6.92 Å². The molecule has 2 heterocycles. The average molecular weight is 472 g/mol. The second-order valence-electron chi connectivity index (χ2n) is 8.53. The van der Waals surface area contributed by atoms with Gasteiger partial charge in [0.05, 0.1) is 13.2 Å². The minimum Gasteiger partial charge on any atom is -0.423 e. The Morgan fingerprint density at radius 2 is 1.86 bits per heavy atom. The summed E-state index contributed by atoms with van der Waals surface area (Å²) in [6.45, 7) is 5.65. The van der Waals surface area contributed by atoms with Gasteiger partial charge in [0.25, 0.3) is 11.9 Å². The molecule has 1 aliphatic rings. The van der Waals surface area contributed by atoms with Crippen LogP contribution in [0.1, 0.15) is 15.9 Å². The summed E-state index contributed by atoms with van der Waals surface area (Å²) >= 11 is 0. The maximum absolute atomic E-state index is 13.0. The Morgan fingerprint density at radius 3 is 2.66 bits per heavy atom. The van der Waals surface area contributed by atoms with Crippen LogP contribution in [0.5, 0.6) is 0 Å². The van der Waals surface area contributed by atoms with E-state index in [4.69, 9.17) is 14.9 Å². The van der Waals surface area contributed by atoms with Gasteiger partial charge in [-0.25, -0.2) is 0 Å². The number of aryl methyl sites for hydroxylation is 1. The van der Waals surface area contributed by atoms with E-state index in [-0.39, 0.29) is 5.91 Å². The number of carbonyl (C=O) groups is 1. The van der Waals surface area contributed by atoms with Gasteiger partial charge in [-0.15, -0.1) is 0 Å². The van der Waals surface area contributed by atoms with Gasteiger partial charge in [0.1, 0.15) is 5.52 Å². The molecule has 8 heteroatoms. The number of aromatic nitrogens is 1. The third-order valence-electron chi connectivity index (χ3n) is 6.07. The first-order valence-electron chi connectivity index (χ1n) is 11.8. The molecule has 4 aromatic rings. The van der Waals surface area contributed by atoms with Crippen LogP contribution in [0.4, 0.5) is 17.4 Å². The van der Waals surface area contributed by atoms with Crippen molar-refractivity contribution in [3.63, 3.8) is 0 Å². The number of benzene rings is 3. The van der Waals surface area contributed by atoms with E-state index in [0.717, 1.165) is 33.6 Å². The lowest BCUT2D eigenvalue weighted by Gasteiger charge is -2.27. The molecule has 3 aromatic carbocycles. The number of anilines is 3. The molecule has 0 unspecified atom stereocenters. The molecule has 1 saturated heterocycles. The number of fused-ring (bicyclic) bond motifs is 1. The SMILES string of the molecule is Cc1cc(-c2cccc3nc(Nc4cccc(NCCN)c4)oc23)ccc1C(=O)N1CCOCC1. The largest absolute Gasteiger partial charge is 0.423 e. The highest BCUT2D eigenvalue weighted by Crippen LogP contribution is 2.33. The third-order valence-corrected chi connectivity index (χ3v) is 6.07. The summed E-state index contributed by atoms with van der Waals surface area (Å²) in [5.74, 6) is 0.0462. The number of amides is 1. The smallest absolute Gasteiger partial charge is 0.300 e. The maximum Gasteiger partial charge on any atom is 0.300 e. The van der Waals surface area contributed by atoms with E-state index in [2.05, 4.69) is 15.6 Å². The molecule has 180 valence electrons. The van der Waals surface area contributed by atoms with Crippen molar-refractivity contribution in [2.24, 2.45) is 5.73 Å². The molecule has 1 fully saturated rings. The second kappa shape index (κ2) is 10.2. The first-order chi connectivity index (χ1) is 17.1. The van der Waals surface area contributed by atoms with Crippen molar-refractivity contribution in [3.05, 3.63) is 71.8 Å². The normalized spacial score (nSPS) is 13.7. The maximum atomic E-state index is 13.0. The molecule has 8 nitrogen and oxygen atoms in total. The fourth-order valence-electron chi connectivity index (χ4n) is 4.28. The molecule has 35 heavy (non-hydrogen) atoms. The highest BCUT2D eigenvalue weighted by atomic mass is 16.5. The van der Waals surface area contributed by atoms with Crippen LogP contribution in [-0.4, -0.2) is 55.2 Å². The summed E-state index contributed by atoms with van der Waals surface area (Å²) in [5, 5.41) is 6.52. The number of nitrogens with zero attached hydrogens (tertiary/aromatic N) is 2. The molecule has 0 radical (unpaired) electrons. The Balaban J connectivity index is 1.40. The van der Waals surface area contributed by atoms with Crippen molar-refractivity contribution in [1.82, 2.24) is 9.88 Å². The molecule has 0 saturated carbocycles. The Morgan fingerprint density at radius 1 is 1.06 bits per heavy atom. The Labute approximate surface area is 204 Å². The Kier molecular flexibility index (Phi) is 6.65. The molecule has 0 atom stereocenters. The minimum atomic E-state index is 0.0462. The minimum absolute atomic E-state index is 0.0462. The molecule has 0 aliphatic carbocycles. The highest BCUT2D eigenvalue weighted by molar-refractivity contribution is 5.97. The predicted octanol–water partition coefficient (Wildman–Crippen LogP) is 4.39. The van der Waals surface area contributed by atoms with E-state index in [1.54, 1.807) is 0 Å². The quantitative estimate of drug-likeness (QED) is 0.367. The lowest BCUT2D eigenvalue weighted by atomic mass is 9.98. The first kappa shape index (κ1) is 22.9. The van der Waals surface area contributed by atoms with Crippen molar-refractivity contribution in [2.75, 3.05) is 50.0 Å². The first-order valence-corrected chi connectivity index (χ1v) is 11.8. The van der Waals surface area contributed by atoms with Crippen LogP contribution in [-0.2, 0) is 4.74 Å². The van der Waals surface area contributed by atoms with Gasteiger partial charge in [0.2, 0.25) is 0 Å².